The maximum Gasteiger partial charge on any atom is 0.203 e. The van der Waals surface area contributed by atoms with Crippen LogP contribution in [0, 0.1) is 10.7 Å². The fourth-order valence-electron chi connectivity index (χ4n) is 5.12. The molecule has 1 saturated carbocycles. The van der Waals surface area contributed by atoms with Crippen LogP contribution in [0.4, 0.5) is 0 Å². The van der Waals surface area contributed by atoms with Crippen molar-refractivity contribution in [2.75, 3.05) is 13.7 Å². The standard InChI is InChI=1S/C22H30N4OS/c1-3-14-25-21(18-11-5-7-13-20(18)27-2)23-26(22(25)28)16-24-15-8-10-17-9-4-6-12-19(17)24/h3,5,7,11,13,17,19H,1,4,6,8-10,12,14-16H2,2H3/p+1/t17-,19-/m0/s1. The van der Waals surface area contributed by atoms with E-state index in [0.29, 0.717) is 6.54 Å². The van der Waals surface area contributed by atoms with Gasteiger partial charge in [0.25, 0.3) is 0 Å². The molecule has 1 aromatic heterocycles. The number of likely N-dealkylation sites (tertiary alicyclic amines) is 1. The van der Waals surface area contributed by atoms with E-state index >= 15 is 0 Å². The number of quaternary nitrogens is 1. The quantitative estimate of drug-likeness (QED) is 0.597. The number of fused-ring (bicyclic) bond motifs is 1. The van der Waals surface area contributed by atoms with Crippen LogP contribution in [0.15, 0.2) is 36.9 Å². The van der Waals surface area contributed by atoms with Crippen molar-refractivity contribution >= 4 is 12.2 Å². The van der Waals surface area contributed by atoms with Gasteiger partial charge in [-0.25, -0.2) is 0 Å². The van der Waals surface area contributed by atoms with Crippen LogP contribution in [0.2, 0.25) is 0 Å². The summed E-state index contributed by atoms with van der Waals surface area (Å²) < 4.78 is 10.5. The molecule has 0 spiro atoms. The number of benzene rings is 1. The van der Waals surface area contributed by atoms with Gasteiger partial charge in [0.1, 0.15) is 5.75 Å². The highest BCUT2D eigenvalue weighted by atomic mass is 32.1. The fourth-order valence-corrected chi connectivity index (χ4v) is 5.39. The van der Waals surface area contributed by atoms with Crippen molar-refractivity contribution in [1.82, 2.24) is 14.3 Å². The number of rotatable bonds is 6. The van der Waals surface area contributed by atoms with Gasteiger partial charge in [-0.05, 0) is 56.5 Å². The number of nitrogens with one attached hydrogen (secondary N) is 1. The minimum Gasteiger partial charge on any atom is -0.496 e. The second-order valence-electron chi connectivity index (χ2n) is 8.06. The predicted molar refractivity (Wildman–Crippen MR) is 114 cm³/mol. The average Bonchev–Trinajstić information content (AvgIpc) is 3.04. The molecule has 0 radical (unpaired) electrons. The second kappa shape index (κ2) is 8.62. The SMILES string of the molecule is C=CCn1c(-c2ccccc2OC)nn(C[NH+]2CCC[C@@H]3CCCC[C@@H]32)c1=S. The summed E-state index contributed by atoms with van der Waals surface area (Å²) in [5.41, 5.74) is 0.973. The van der Waals surface area contributed by atoms with Crippen molar-refractivity contribution in [2.45, 2.75) is 57.8 Å². The molecule has 3 atom stereocenters. The van der Waals surface area contributed by atoms with Crippen LogP contribution < -0.4 is 9.64 Å². The van der Waals surface area contributed by atoms with Gasteiger partial charge in [-0.2, -0.15) is 4.68 Å². The Morgan fingerprint density at radius 1 is 1.25 bits per heavy atom. The zero-order chi connectivity index (χ0) is 19.5. The zero-order valence-electron chi connectivity index (χ0n) is 16.8. The zero-order valence-corrected chi connectivity index (χ0v) is 17.6. The van der Waals surface area contributed by atoms with E-state index in [1.807, 2.05) is 35.0 Å². The van der Waals surface area contributed by atoms with Crippen LogP contribution in [0.3, 0.4) is 0 Å². The molecule has 5 nitrogen and oxygen atoms in total. The molecule has 1 aliphatic heterocycles. The Morgan fingerprint density at radius 3 is 2.86 bits per heavy atom. The number of para-hydroxylation sites is 1. The van der Waals surface area contributed by atoms with Crippen molar-refractivity contribution in [3.63, 3.8) is 0 Å². The van der Waals surface area contributed by atoms with Gasteiger partial charge in [-0.1, -0.05) is 24.6 Å². The van der Waals surface area contributed by atoms with E-state index in [1.54, 1.807) is 12.0 Å². The second-order valence-corrected chi connectivity index (χ2v) is 8.43. The molecule has 1 N–H and O–H groups in total. The summed E-state index contributed by atoms with van der Waals surface area (Å²) in [7, 11) is 1.70. The summed E-state index contributed by atoms with van der Waals surface area (Å²) in [5, 5.41) is 4.97. The molecule has 2 fully saturated rings. The van der Waals surface area contributed by atoms with E-state index in [4.69, 9.17) is 22.1 Å². The van der Waals surface area contributed by atoms with Crippen molar-refractivity contribution in [1.29, 1.82) is 0 Å². The van der Waals surface area contributed by atoms with Crippen LogP contribution >= 0.6 is 12.2 Å². The molecule has 0 amide bonds. The maximum atomic E-state index is 5.83. The number of aromatic nitrogens is 3. The first kappa shape index (κ1) is 19.4. The van der Waals surface area contributed by atoms with E-state index in [0.717, 1.165) is 40.5 Å². The summed E-state index contributed by atoms with van der Waals surface area (Å²) in [6, 6.07) is 8.78. The minimum atomic E-state index is 0.646. The van der Waals surface area contributed by atoms with Crippen LogP contribution in [0.25, 0.3) is 11.4 Å². The third-order valence-electron chi connectivity index (χ3n) is 6.44. The largest absolute Gasteiger partial charge is 0.496 e. The molecule has 2 aliphatic rings. The van der Waals surface area contributed by atoms with Crippen LogP contribution in [0.5, 0.6) is 5.75 Å². The van der Waals surface area contributed by atoms with Gasteiger partial charge in [0, 0.05) is 12.5 Å². The molecule has 4 rings (SSSR count). The predicted octanol–water partition coefficient (Wildman–Crippen LogP) is 3.47. The molecule has 0 bridgehead atoms. The Bertz CT molecular complexity index is 885. The molecular weight excluding hydrogens is 368 g/mol. The van der Waals surface area contributed by atoms with Crippen molar-refractivity contribution in [3.05, 3.63) is 41.7 Å². The Kier molecular flexibility index (Phi) is 5.97. The summed E-state index contributed by atoms with van der Waals surface area (Å²) in [6.07, 6.45) is 10.1. The number of ether oxygens (including phenoxy) is 1. The van der Waals surface area contributed by atoms with Gasteiger partial charge in [-0.15, -0.1) is 11.7 Å². The highest BCUT2D eigenvalue weighted by Gasteiger charge is 2.37. The lowest BCUT2D eigenvalue weighted by atomic mass is 9.78. The van der Waals surface area contributed by atoms with Crippen LogP contribution in [0.1, 0.15) is 38.5 Å². The first-order chi connectivity index (χ1) is 13.7. The Morgan fingerprint density at radius 2 is 2.04 bits per heavy atom. The molecule has 28 heavy (non-hydrogen) atoms. The lowest BCUT2D eigenvalue weighted by Crippen LogP contribution is -3.17. The highest BCUT2D eigenvalue weighted by Crippen LogP contribution is 2.30. The Hall–Kier alpha value is -1.92. The molecule has 6 heteroatoms. The summed E-state index contributed by atoms with van der Waals surface area (Å²) in [4.78, 5) is 1.65. The number of nitrogens with zero attached hydrogens (tertiary/aromatic N) is 3. The molecule has 1 aromatic carbocycles. The maximum absolute atomic E-state index is 5.83. The van der Waals surface area contributed by atoms with Gasteiger partial charge in [0.2, 0.25) is 4.77 Å². The fraction of sp³-hybridized carbons (Fsp3) is 0.545. The Labute approximate surface area is 172 Å². The van der Waals surface area contributed by atoms with Gasteiger partial charge >= 0.3 is 0 Å². The smallest absolute Gasteiger partial charge is 0.203 e. The van der Waals surface area contributed by atoms with Crippen molar-refractivity contribution < 1.29 is 9.64 Å². The number of methoxy groups -OCH3 is 1. The number of hydrogen-bond acceptors (Lipinski definition) is 3. The van der Waals surface area contributed by atoms with E-state index in [9.17, 15) is 0 Å². The number of piperidine rings is 1. The summed E-state index contributed by atoms with van der Waals surface area (Å²) in [6.45, 7) is 6.64. The topological polar surface area (TPSA) is 36.4 Å². The van der Waals surface area contributed by atoms with Crippen LogP contribution in [-0.4, -0.2) is 34.0 Å². The summed E-state index contributed by atoms with van der Waals surface area (Å²) in [5.74, 6) is 2.56. The number of allylic oxidation sites excluding steroid dienone is 1. The van der Waals surface area contributed by atoms with Gasteiger partial charge < -0.3 is 9.64 Å². The molecular formula is C22H31N4OS+. The average molecular weight is 400 g/mol. The molecule has 150 valence electrons. The molecule has 1 aliphatic carbocycles. The first-order valence-corrected chi connectivity index (χ1v) is 10.9. The third-order valence-corrected chi connectivity index (χ3v) is 6.87. The third kappa shape index (κ3) is 3.67. The number of hydrogen-bond donors (Lipinski definition) is 1. The van der Waals surface area contributed by atoms with E-state index in [-0.39, 0.29) is 0 Å². The van der Waals surface area contributed by atoms with Gasteiger partial charge in [0.15, 0.2) is 12.5 Å². The van der Waals surface area contributed by atoms with Gasteiger partial charge in [0.05, 0.1) is 25.3 Å². The van der Waals surface area contributed by atoms with Crippen molar-refractivity contribution in [2.24, 2.45) is 5.92 Å². The van der Waals surface area contributed by atoms with E-state index < -0.39 is 0 Å². The lowest BCUT2D eigenvalue weighted by Gasteiger charge is -2.40. The molecule has 1 unspecified atom stereocenters. The van der Waals surface area contributed by atoms with E-state index in [2.05, 4.69) is 11.1 Å². The van der Waals surface area contributed by atoms with Gasteiger partial charge in [-0.3, -0.25) is 4.57 Å². The Balaban J connectivity index is 1.68. The summed E-state index contributed by atoms with van der Waals surface area (Å²) >= 11 is 5.83. The lowest BCUT2D eigenvalue weighted by molar-refractivity contribution is -0.958. The first-order valence-electron chi connectivity index (χ1n) is 10.5. The van der Waals surface area contributed by atoms with Crippen LogP contribution in [-0.2, 0) is 13.2 Å². The monoisotopic (exact) mass is 399 g/mol. The molecule has 1 saturated heterocycles. The van der Waals surface area contributed by atoms with Crippen molar-refractivity contribution in [3.8, 4) is 17.1 Å². The molecule has 2 heterocycles. The normalized spacial score (nSPS) is 24.5. The minimum absolute atomic E-state index is 0.646. The highest BCUT2D eigenvalue weighted by molar-refractivity contribution is 7.71. The van der Waals surface area contributed by atoms with E-state index in [1.165, 1.54) is 45.1 Å². The molecule has 2 aromatic rings.